The largest absolute Gasteiger partial charge is 0.421 e. The third kappa shape index (κ3) is 5.27. The molecule has 1 aromatic carbocycles. The van der Waals surface area contributed by atoms with E-state index in [9.17, 15) is 18.3 Å². The number of halogens is 3. The average molecular weight is 461 g/mol. The Kier molecular flexibility index (Phi) is 6.29. The van der Waals surface area contributed by atoms with Crippen LogP contribution in [-0.2, 0) is 6.18 Å². The van der Waals surface area contributed by atoms with Crippen molar-refractivity contribution in [3.63, 3.8) is 0 Å². The Morgan fingerprint density at radius 1 is 1.00 bits per heavy atom. The first-order valence-corrected chi connectivity index (χ1v) is 10.9. The van der Waals surface area contributed by atoms with Crippen LogP contribution in [0.2, 0.25) is 0 Å². The van der Waals surface area contributed by atoms with Crippen molar-refractivity contribution in [3.8, 4) is 0 Å². The van der Waals surface area contributed by atoms with Gasteiger partial charge in [-0.05, 0) is 75.1 Å². The molecule has 0 spiro atoms. The van der Waals surface area contributed by atoms with Gasteiger partial charge < -0.3 is 15.7 Å². The van der Waals surface area contributed by atoms with E-state index in [4.69, 9.17) is 0 Å². The zero-order chi connectivity index (χ0) is 23.8. The van der Waals surface area contributed by atoms with Crippen molar-refractivity contribution in [2.45, 2.75) is 64.7 Å². The van der Waals surface area contributed by atoms with Crippen LogP contribution in [0, 0.1) is 20.8 Å². The topological polar surface area (TPSA) is 98.8 Å². The second-order valence-electron chi connectivity index (χ2n) is 8.67. The van der Waals surface area contributed by atoms with Crippen LogP contribution in [0.15, 0.2) is 24.4 Å². The van der Waals surface area contributed by atoms with Gasteiger partial charge in [0.05, 0.1) is 6.10 Å². The maximum absolute atomic E-state index is 13.5. The summed E-state index contributed by atoms with van der Waals surface area (Å²) in [5.41, 5.74) is 3.74. The van der Waals surface area contributed by atoms with E-state index in [1.165, 1.54) is 5.56 Å². The number of aromatic nitrogens is 4. The van der Waals surface area contributed by atoms with Crippen LogP contribution < -0.4 is 10.6 Å². The van der Waals surface area contributed by atoms with Gasteiger partial charge in [0, 0.05) is 23.6 Å². The van der Waals surface area contributed by atoms with Gasteiger partial charge in [-0.3, -0.25) is 5.10 Å². The van der Waals surface area contributed by atoms with E-state index in [0.29, 0.717) is 11.6 Å². The Morgan fingerprint density at radius 3 is 2.36 bits per heavy atom. The molecule has 1 aliphatic carbocycles. The first-order valence-electron chi connectivity index (χ1n) is 10.9. The lowest BCUT2D eigenvalue weighted by Crippen LogP contribution is -2.17. The summed E-state index contributed by atoms with van der Waals surface area (Å²) < 4.78 is 40.5. The number of benzene rings is 1. The first kappa shape index (κ1) is 23.0. The fourth-order valence-electron chi connectivity index (χ4n) is 4.27. The minimum Gasteiger partial charge on any atom is -0.393 e. The number of H-pyrrole nitrogens is 1. The normalized spacial score (nSPS) is 18.9. The molecule has 1 fully saturated rings. The average Bonchev–Trinajstić information content (AvgIpc) is 3.15. The summed E-state index contributed by atoms with van der Waals surface area (Å²) >= 11 is 0. The Bertz CT molecular complexity index is 1140. The number of nitrogens with one attached hydrogen (secondary N) is 3. The van der Waals surface area contributed by atoms with Crippen molar-refractivity contribution in [1.82, 2.24) is 20.2 Å². The minimum absolute atomic E-state index is 0.0498. The molecule has 0 atom stereocenters. The molecule has 0 amide bonds. The molecule has 2 aromatic heterocycles. The molecule has 7 nitrogen and oxygen atoms in total. The molecule has 0 radical (unpaired) electrons. The molecule has 0 saturated heterocycles. The number of rotatable bonds is 5. The maximum atomic E-state index is 13.5. The van der Waals surface area contributed by atoms with E-state index in [2.05, 4.69) is 36.9 Å². The second-order valence-corrected chi connectivity index (χ2v) is 8.67. The molecule has 176 valence electrons. The molecule has 1 aliphatic rings. The lowest BCUT2D eigenvalue weighted by molar-refractivity contribution is -0.137. The minimum atomic E-state index is -4.62. The molecule has 0 bridgehead atoms. The fourth-order valence-corrected chi connectivity index (χ4v) is 4.27. The molecule has 0 aliphatic heterocycles. The first-order chi connectivity index (χ1) is 15.6. The van der Waals surface area contributed by atoms with Gasteiger partial charge in [-0.15, -0.1) is 0 Å². The molecule has 4 rings (SSSR count). The van der Waals surface area contributed by atoms with E-state index in [1.807, 2.05) is 19.9 Å². The van der Waals surface area contributed by atoms with Gasteiger partial charge >= 0.3 is 6.18 Å². The highest BCUT2D eigenvalue weighted by Gasteiger charge is 2.35. The lowest BCUT2D eigenvalue weighted by atomic mass is 9.80. The summed E-state index contributed by atoms with van der Waals surface area (Å²) in [4.78, 5) is 8.00. The highest BCUT2D eigenvalue weighted by atomic mass is 19.4. The third-order valence-corrected chi connectivity index (χ3v) is 6.04. The van der Waals surface area contributed by atoms with Gasteiger partial charge in [-0.2, -0.15) is 23.3 Å². The Balaban J connectivity index is 1.60. The van der Waals surface area contributed by atoms with E-state index >= 15 is 0 Å². The predicted molar refractivity (Wildman–Crippen MR) is 120 cm³/mol. The number of anilines is 4. The third-order valence-electron chi connectivity index (χ3n) is 6.04. The van der Waals surface area contributed by atoms with Crippen LogP contribution in [0.5, 0.6) is 0 Å². The molecular formula is C23H27F3N6O. The smallest absolute Gasteiger partial charge is 0.393 e. The van der Waals surface area contributed by atoms with E-state index in [1.54, 1.807) is 13.0 Å². The SMILES string of the molecule is Cc1cc(Nc2nc(Nc3cc(C)c([C@H]4CC[C@@H](O)CC4)cc3C)ncc2C(F)(F)F)n[nH]1. The monoisotopic (exact) mass is 460 g/mol. The van der Waals surface area contributed by atoms with Crippen molar-refractivity contribution in [2.75, 3.05) is 10.6 Å². The van der Waals surface area contributed by atoms with Crippen molar-refractivity contribution >= 4 is 23.3 Å². The zero-order valence-corrected chi connectivity index (χ0v) is 18.7. The number of aryl methyl sites for hydroxylation is 3. The number of hydrogen-bond donors (Lipinski definition) is 4. The number of aliphatic hydroxyl groups excluding tert-OH is 1. The predicted octanol–water partition coefficient (Wildman–Crippen LogP) is 5.65. The van der Waals surface area contributed by atoms with Gasteiger partial charge in [0.15, 0.2) is 5.82 Å². The van der Waals surface area contributed by atoms with Crippen LogP contribution in [0.3, 0.4) is 0 Å². The van der Waals surface area contributed by atoms with E-state index in [-0.39, 0.29) is 23.7 Å². The molecule has 3 aromatic rings. The fraction of sp³-hybridized carbons (Fsp3) is 0.435. The van der Waals surface area contributed by atoms with Gasteiger partial charge in [-0.1, -0.05) is 6.07 Å². The molecule has 33 heavy (non-hydrogen) atoms. The Morgan fingerprint density at radius 2 is 1.73 bits per heavy atom. The van der Waals surface area contributed by atoms with Gasteiger partial charge in [0.1, 0.15) is 11.4 Å². The van der Waals surface area contributed by atoms with Crippen LogP contribution in [-0.4, -0.2) is 31.4 Å². The van der Waals surface area contributed by atoms with Crippen LogP contribution in [0.1, 0.15) is 59.5 Å². The Labute approximate surface area is 189 Å². The van der Waals surface area contributed by atoms with E-state index < -0.39 is 11.7 Å². The standard InChI is InChI=1S/C23H27F3N6O/c1-12-9-19(13(2)8-17(12)15-4-6-16(33)7-5-15)28-22-27-11-18(23(24,25)26)21(30-22)29-20-10-14(3)31-32-20/h8-11,15-16,33H,4-7H2,1-3H3,(H3,27,28,29,30,31,32)/t15-,16+. The summed E-state index contributed by atoms with van der Waals surface area (Å²) in [6.45, 7) is 5.71. The zero-order valence-electron chi connectivity index (χ0n) is 18.7. The molecular weight excluding hydrogens is 433 g/mol. The highest BCUT2D eigenvalue weighted by molar-refractivity contribution is 5.64. The van der Waals surface area contributed by atoms with Crippen molar-refractivity contribution in [3.05, 3.63) is 52.3 Å². The highest BCUT2D eigenvalue weighted by Crippen LogP contribution is 2.38. The number of nitrogens with zero attached hydrogens (tertiary/aromatic N) is 3. The van der Waals surface area contributed by atoms with Crippen LogP contribution in [0.25, 0.3) is 0 Å². The van der Waals surface area contributed by atoms with Crippen molar-refractivity contribution < 1.29 is 18.3 Å². The molecule has 10 heteroatoms. The molecule has 4 N–H and O–H groups in total. The number of alkyl halides is 3. The maximum Gasteiger partial charge on any atom is 0.421 e. The van der Waals surface area contributed by atoms with Crippen LogP contribution in [0.4, 0.5) is 36.4 Å². The number of hydrogen-bond acceptors (Lipinski definition) is 6. The number of aromatic amines is 1. The number of aliphatic hydroxyl groups is 1. The van der Waals surface area contributed by atoms with Gasteiger partial charge in [0.25, 0.3) is 0 Å². The summed E-state index contributed by atoms with van der Waals surface area (Å²) in [6.07, 6.45) is -0.583. The quantitative estimate of drug-likeness (QED) is 0.393. The second kappa shape index (κ2) is 9.01. The van der Waals surface area contributed by atoms with Gasteiger partial charge in [-0.25, -0.2) is 4.98 Å². The van der Waals surface area contributed by atoms with E-state index in [0.717, 1.165) is 48.7 Å². The lowest BCUT2D eigenvalue weighted by Gasteiger charge is -2.27. The summed E-state index contributed by atoms with van der Waals surface area (Å²) in [6, 6.07) is 5.67. The summed E-state index contributed by atoms with van der Waals surface area (Å²) in [7, 11) is 0. The summed E-state index contributed by atoms with van der Waals surface area (Å²) in [5.74, 6) is 0.306. The Hall–Kier alpha value is -3.14. The molecule has 0 unspecified atom stereocenters. The van der Waals surface area contributed by atoms with Crippen molar-refractivity contribution in [2.24, 2.45) is 0 Å². The van der Waals surface area contributed by atoms with Gasteiger partial charge in [0.2, 0.25) is 5.95 Å². The van der Waals surface area contributed by atoms with Crippen LogP contribution >= 0.6 is 0 Å². The molecule has 1 saturated carbocycles. The summed E-state index contributed by atoms with van der Waals surface area (Å²) in [5, 5.41) is 22.1. The molecule has 2 heterocycles. The van der Waals surface area contributed by atoms with Crippen molar-refractivity contribution in [1.29, 1.82) is 0 Å².